The molecular formula is C25H34N6O8. The van der Waals surface area contributed by atoms with Gasteiger partial charge in [0.15, 0.2) is 0 Å². The molecule has 14 heteroatoms. The average Bonchev–Trinajstić information content (AvgIpc) is 3.26. The van der Waals surface area contributed by atoms with Crippen molar-refractivity contribution < 1.29 is 39.0 Å². The molecule has 2 rings (SSSR count). The fourth-order valence-electron chi connectivity index (χ4n) is 3.89. The minimum absolute atomic E-state index is 0.0900. The van der Waals surface area contributed by atoms with Crippen LogP contribution in [0.4, 0.5) is 0 Å². The molecule has 0 saturated heterocycles. The summed E-state index contributed by atoms with van der Waals surface area (Å²) in [5.74, 6) is -6.75. The maximum Gasteiger partial charge on any atom is 0.326 e. The number of aliphatic carboxylic acids is 2. The van der Waals surface area contributed by atoms with Crippen molar-refractivity contribution in [2.24, 2.45) is 17.4 Å². The summed E-state index contributed by atoms with van der Waals surface area (Å²) in [5.41, 5.74) is 12.8. The number of nitrogens with one attached hydrogen (secondary N) is 4. The van der Waals surface area contributed by atoms with Crippen LogP contribution in [-0.2, 0) is 35.2 Å². The van der Waals surface area contributed by atoms with E-state index >= 15 is 0 Å². The van der Waals surface area contributed by atoms with Gasteiger partial charge in [-0.3, -0.25) is 24.0 Å². The fraction of sp³-hybridized carbons (Fsp3) is 0.440. The zero-order valence-electron chi connectivity index (χ0n) is 21.6. The van der Waals surface area contributed by atoms with E-state index in [1.165, 1.54) is 0 Å². The Morgan fingerprint density at radius 3 is 2.13 bits per heavy atom. The van der Waals surface area contributed by atoms with Gasteiger partial charge in [0, 0.05) is 23.5 Å². The molecular weight excluding hydrogens is 512 g/mol. The lowest BCUT2D eigenvalue weighted by Gasteiger charge is -2.25. The minimum Gasteiger partial charge on any atom is -0.481 e. The Labute approximate surface area is 223 Å². The van der Waals surface area contributed by atoms with Crippen LogP contribution >= 0.6 is 0 Å². The maximum absolute atomic E-state index is 13.0. The third-order valence-electron chi connectivity index (χ3n) is 6.01. The molecule has 0 bridgehead atoms. The molecule has 1 aromatic heterocycles. The van der Waals surface area contributed by atoms with E-state index in [-0.39, 0.29) is 19.3 Å². The molecule has 2 aromatic rings. The predicted molar refractivity (Wildman–Crippen MR) is 139 cm³/mol. The molecule has 39 heavy (non-hydrogen) atoms. The second kappa shape index (κ2) is 13.9. The highest BCUT2D eigenvalue weighted by molar-refractivity contribution is 5.96. The summed E-state index contributed by atoms with van der Waals surface area (Å²) in [6.07, 6.45) is 0.342. The molecule has 212 valence electrons. The van der Waals surface area contributed by atoms with Crippen molar-refractivity contribution in [3.63, 3.8) is 0 Å². The van der Waals surface area contributed by atoms with Gasteiger partial charge in [-0.05, 0) is 30.4 Å². The van der Waals surface area contributed by atoms with E-state index in [2.05, 4.69) is 20.9 Å². The van der Waals surface area contributed by atoms with Gasteiger partial charge >= 0.3 is 11.9 Å². The number of aromatic nitrogens is 1. The average molecular weight is 547 g/mol. The Morgan fingerprint density at radius 1 is 0.923 bits per heavy atom. The lowest BCUT2D eigenvalue weighted by molar-refractivity contribution is -0.144. The van der Waals surface area contributed by atoms with Gasteiger partial charge in [-0.1, -0.05) is 32.0 Å². The second-order valence-corrected chi connectivity index (χ2v) is 9.46. The first-order valence-electron chi connectivity index (χ1n) is 12.2. The van der Waals surface area contributed by atoms with Crippen LogP contribution in [0.1, 0.15) is 38.7 Å². The number of rotatable bonds is 15. The predicted octanol–water partition coefficient (Wildman–Crippen LogP) is -1.03. The Kier molecular flexibility index (Phi) is 11.0. The molecule has 0 radical (unpaired) electrons. The molecule has 0 saturated carbocycles. The van der Waals surface area contributed by atoms with Gasteiger partial charge in [-0.2, -0.15) is 0 Å². The number of hydrogen-bond donors (Lipinski definition) is 8. The first-order chi connectivity index (χ1) is 18.3. The van der Waals surface area contributed by atoms with E-state index in [4.69, 9.17) is 11.5 Å². The highest BCUT2D eigenvalue weighted by atomic mass is 16.4. The molecule has 0 spiro atoms. The van der Waals surface area contributed by atoms with Crippen LogP contribution in [0.5, 0.6) is 0 Å². The number of primary amides is 1. The van der Waals surface area contributed by atoms with Crippen LogP contribution in [0.25, 0.3) is 10.9 Å². The summed E-state index contributed by atoms with van der Waals surface area (Å²) in [5, 5.41) is 26.4. The Hall–Kier alpha value is -4.46. The number of aromatic amines is 1. The topological polar surface area (TPSA) is 247 Å². The van der Waals surface area contributed by atoms with Gasteiger partial charge < -0.3 is 42.6 Å². The van der Waals surface area contributed by atoms with Crippen LogP contribution in [0.15, 0.2) is 30.5 Å². The van der Waals surface area contributed by atoms with Crippen molar-refractivity contribution in [3.05, 3.63) is 36.0 Å². The van der Waals surface area contributed by atoms with E-state index < -0.39 is 72.1 Å². The van der Waals surface area contributed by atoms with Crippen LogP contribution < -0.4 is 27.4 Å². The molecule has 0 aliphatic rings. The molecule has 0 aliphatic carbocycles. The smallest absolute Gasteiger partial charge is 0.326 e. The largest absolute Gasteiger partial charge is 0.481 e. The summed E-state index contributed by atoms with van der Waals surface area (Å²) in [7, 11) is 0. The molecule has 14 nitrogen and oxygen atoms in total. The SMILES string of the molecule is CC(C)C(NC(=O)C(CCC(N)=O)NC(=O)C(CC(=O)O)NC(=O)C(N)Cc1c[nH]c2ccccc12)C(=O)O. The van der Waals surface area contributed by atoms with Gasteiger partial charge in [0.1, 0.15) is 18.1 Å². The number of nitrogens with two attached hydrogens (primary N) is 2. The number of para-hydroxylation sites is 1. The molecule has 4 unspecified atom stereocenters. The van der Waals surface area contributed by atoms with Crippen LogP contribution in [0.3, 0.4) is 0 Å². The fourth-order valence-corrected chi connectivity index (χ4v) is 3.89. The number of fused-ring (bicyclic) bond motifs is 1. The normalized spacial score (nSPS) is 14.2. The van der Waals surface area contributed by atoms with E-state index in [0.717, 1.165) is 16.5 Å². The lowest BCUT2D eigenvalue weighted by atomic mass is 10.0. The Balaban J connectivity index is 2.16. The van der Waals surface area contributed by atoms with Crippen molar-refractivity contribution >= 4 is 46.5 Å². The first kappa shape index (κ1) is 30.8. The molecule has 0 aliphatic heterocycles. The number of carbonyl (C=O) groups is 6. The van der Waals surface area contributed by atoms with Crippen LogP contribution in [0.2, 0.25) is 0 Å². The Morgan fingerprint density at radius 2 is 1.54 bits per heavy atom. The molecule has 10 N–H and O–H groups in total. The van der Waals surface area contributed by atoms with Gasteiger partial charge in [0.2, 0.25) is 23.6 Å². The number of carboxylic acid groups (broad SMARTS) is 2. The quantitative estimate of drug-likeness (QED) is 0.136. The number of H-pyrrole nitrogens is 1. The minimum atomic E-state index is -1.62. The van der Waals surface area contributed by atoms with Crippen LogP contribution in [0, 0.1) is 5.92 Å². The first-order valence-corrected chi connectivity index (χ1v) is 12.2. The van der Waals surface area contributed by atoms with Crippen molar-refractivity contribution in [1.29, 1.82) is 0 Å². The third kappa shape index (κ3) is 9.10. The number of carbonyl (C=O) groups excluding carboxylic acids is 4. The van der Waals surface area contributed by atoms with E-state index in [1.807, 2.05) is 24.3 Å². The van der Waals surface area contributed by atoms with E-state index in [1.54, 1.807) is 20.0 Å². The summed E-state index contributed by atoms with van der Waals surface area (Å²) in [6, 6.07) is 1.88. The molecule has 4 amide bonds. The molecule has 1 aromatic carbocycles. The van der Waals surface area contributed by atoms with Crippen molar-refractivity contribution in [2.75, 3.05) is 0 Å². The van der Waals surface area contributed by atoms with Crippen molar-refractivity contribution in [3.8, 4) is 0 Å². The van der Waals surface area contributed by atoms with E-state index in [0.29, 0.717) is 0 Å². The second-order valence-electron chi connectivity index (χ2n) is 9.46. The van der Waals surface area contributed by atoms with Gasteiger partial charge in [0.05, 0.1) is 12.5 Å². The third-order valence-corrected chi connectivity index (χ3v) is 6.01. The molecule has 4 atom stereocenters. The van der Waals surface area contributed by atoms with Crippen LogP contribution in [-0.4, -0.2) is 74.9 Å². The number of benzene rings is 1. The zero-order valence-corrected chi connectivity index (χ0v) is 21.6. The van der Waals surface area contributed by atoms with Gasteiger partial charge in [-0.15, -0.1) is 0 Å². The lowest BCUT2D eigenvalue weighted by Crippen LogP contribution is -2.58. The molecule has 0 fully saturated rings. The summed E-state index contributed by atoms with van der Waals surface area (Å²) in [4.78, 5) is 75.9. The Bertz CT molecular complexity index is 1230. The van der Waals surface area contributed by atoms with Crippen molar-refractivity contribution in [1.82, 2.24) is 20.9 Å². The van der Waals surface area contributed by atoms with Gasteiger partial charge in [0.25, 0.3) is 0 Å². The van der Waals surface area contributed by atoms with E-state index in [9.17, 15) is 39.0 Å². The highest BCUT2D eigenvalue weighted by Gasteiger charge is 2.32. The number of carboxylic acids is 2. The summed E-state index contributed by atoms with van der Waals surface area (Å²) < 4.78 is 0. The molecule has 1 heterocycles. The highest BCUT2D eigenvalue weighted by Crippen LogP contribution is 2.18. The van der Waals surface area contributed by atoms with Gasteiger partial charge in [-0.25, -0.2) is 4.79 Å². The zero-order chi connectivity index (χ0) is 29.3. The summed E-state index contributed by atoms with van der Waals surface area (Å²) >= 11 is 0. The van der Waals surface area contributed by atoms with Crippen molar-refractivity contribution in [2.45, 2.75) is 63.7 Å². The number of hydrogen-bond acceptors (Lipinski definition) is 7. The number of amides is 4. The summed E-state index contributed by atoms with van der Waals surface area (Å²) in [6.45, 7) is 3.13. The standard InChI is InChI=1S/C25H34N6O8/c1-12(2)21(25(38)39)31-23(36)17(7-8-19(27)32)29-24(37)18(10-20(33)34)30-22(35)15(26)9-13-11-28-16-6-4-3-5-14(13)16/h3-6,11-12,15,17-18,21,28H,7-10,26H2,1-2H3,(H2,27,32)(H,29,37)(H,30,35)(H,31,36)(H,33,34)(H,38,39). The monoisotopic (exact) mass is 546 g/mol. The maximum atomic E-state index is 13.0.